The molecule has 0 saturated heterocycles. The van der Waals surface area contributed by atoms with Crippen molar-refractivity contribution in [3.8, 4) is 0 Å². The van der Waals surface area contributed by atoms with E-state index in [9.17, 15) is 18.0 Å². The van der Waals surface area contributed by atoms with Crippen molar-refractivity contribution >= 4 is 22.9 Å². The molecule has 1 atom stereocenters. The first kappa shape index (κ1) is 20.3. The largest absolute Gasteiger partial charge is 0.446 e. The number of alkyl halides is 3. The van der Waals surface area contributed by atoms with Crippen LogP contribution >= 0.6 is 0 Å². The van der Waals surface area contributed by atoms with Gasteiger partial charge in [-0.1, -0.05) is 6.07 Å². The van der Waals surface area contributed by atoms with Gasteiger partial charge in [0, 0.05) is 18.0 Å². The number of oxazole rings is 1. The number of carbonyl (C=O) groups is 1. The first-order chi connectivity index (χ1) is 14.7. The van der Waals surface area contributed by atoms with E-state index in [0.717, 1.165) is 4.57 Å². The first-order valence-electron chi connectivity index (χ1n) is 9.03. The number of amides is 1. The summed E-state index contributed by atoms with van der Waals surface area (Å²) in [5, 5.41) is 2.75. The van der Waals surface area contributed by atoms with E-state index in [2.05, 4.69) is 25.3 Å². The Morgan fingerprint density at radius 1 is 1.26 bits per heavy atom. The summed E-state index contributed by atoms with van der Waals surface area (Å²) in [6.07, 6.45) is 2.29. The highest BCUT2D eigenvalue weighted by Crippen LogP contribution is 2.33. The highest BCUT2D eigenvalue weighted by atomic mass is 19.4. The number of anilines is 1. The Morgan fingerprint density at radius 2 is 2.06 bits per heavy atom. The van der Waals surface area contributed by atoms with Gasteiger partial charge in [-0.05, 0) is 18.6 Å². The van der Waals surface area contributed by atoms with E-state index >= 15 is 0 Å². The number of fused-ring (bicyclic) bond motifs is 1. The molecule has 0 aliphatic carbocycles. The lowest BCUT2D eigenvalue weighted by molar-refractivity contribution is -0.139. The van der Waals surface area contributed by atoms with Crippen LogP contribution in [-0.4, -0.2) is 36.6 Å². The number of carbonyl (C=O) groups excluding carboxylic acids is 1. The lowest BCUT2D eigenvalue weighted by atomic mass is 9.98. The molecule has 0 spiro atoms. The van der Waals surface area contributed by atoms with Gasteiger partial charge in [0.1, 0.15) is 24.5 Å². The summed E-state index contributed by atoms with van der Waals surface area (Å²) in [7, 11) is 0. The van der Waals surface area contributed by atoms with Crippen molar-refractivity contribution in [1.29, 1.82) is 0 Å². The van der Waals surface area contributed by atoms with E-state index in [4.69, 9.17) is 10.2 Å². The van der Waals surface area contributed by atoms with E-state index in [1.165, 1.54) is 37.1 Å². The summed E-state index contributed by atoms with van der Waals surface area (Å²) in [6.45, 7) is 0.436. The molecule has 3 N–H and O–H groups in total. The predicted molar refractivity (Wildman–Crippen MR) is 103 cm³/mol. The molecular formula is C19H16F3N7O2. The third-order valence-corrected chi connectivity index (χ3v) is 4.60. The van der Waals surface area contributed by atoms with Crippen LogP contribution in [0.4, 0.5) is 19.1 Å². The molecular weight excluding hydrogens is 415 g/mol. The molecule has 1 aromatic carbocycles. The van der Waals surface area contributed by atoms with Crippen LogP contribution in [0.2, 0.25) is 0 Å². The van der Waals surface area contributed by atoms with Crippen LogP contribution < -0.4 is 11.1 Å². The van der Waals surface area contributed by atoms with Crippen LogP contribution in [0.25, 0.3) is 11.0 Å². The second-order valence-corrected chi connectivity index (χ2v) is 6.70. The molecule has 0 fully saturated rings. The predicted octanol–water partition coefficient (Wildman–Crippen LogP) is 2.79. The highest BCUT2D eigenvalue weighted by Gasteiger charge is 2.32. The smallest absolute Gasteiger partial charge is 0.406 e. The van der Waals surface area contributed by atoms with E-state index < -0.39 is 24.7 Å². The summed E-state index contributed by atoms with van der Waals surface area (Å²) in [5.74, 6) is -0.752. The Morgan fingerprint density at radius 3 is 2.71 bits per heavy atom. The third kappa shape index (κ3) is 4.04. The van der Waals surface area contributed by atoms with Gasteiger partial charge in [-0.3, -0.25) is 9.78 Å². The second kappa shape index (κ2) is 7.70. The highest BCUT2D eigenvalue weighted by molar-refractivity contribution is 5.93. The fourth-order valence-corrected chi connectivity index (χ4v) is 3.30. The molecule has 0 aliphatic heterocycles. The van der Waals surface area contributed by atoms with Gasteiger partial charge in [0.25, 0.3) is 5.91 Å². The molecule has 160 valence electrons. The molecule has 31 heavy (non-hydrogen) atoms. The van der Waals surface area contributed by atoms with Crippen molar-refractivity contribution in [2.75, 3.05) is 5.73 Å². The number of aromatic nitrogens is 5. The molecule has 0 radical (unpaired) electrons. The van der Waals surface area contributed by atoms with E-state index in [1.807, 2.05) is 0 Å². The lowest BCUT2D eigenvalue weighted by Crippen LogP contribution is -2.31. The SMILES string of the molecule is Cc1ccc2c(nc(N)n2CC(F)(F)F)c1C(NC(=O)c1cnccn1)c1ncco1. The molecule has 4 aromatic rings. The third-order valence-electron chi connectivity index (χ3n) is 4.60. The molecule has 12 heteroatoms. The van der Waals surface area contributed by atoms with Crippen molar-refractivity contribution in [3.05, 3.63) is 65.9 Å². The molecule has 0 bridgehead atoms. The summed E-state index contributed by atoms with van der Waals surface area (Å²) in [6, 6.07) is 2.16. The summed E-state index contributed by atoms with van der Waals surface area (Å²) in [4.78, 5) is 28.8. The molecule has 0 saturated carbocycles. The number of hydrogen-bond acceptors (Lipinski definition) is 7. The van der Waals surface area contributed by atoms with Crippen LogP contribution in [0.1, 0.15) is 33.5 Å². The van der Waals surface area contributed by atoms with Crippen molar-refractivity contribution in [2.24, 2.45) is 0 Å². The zero-order valence-electron chi connectivity index (χ0n) is 16.1. The summed E-state index contributed by atoms with van der Waals surface area (Å²) < 4.78 is 45.4. The molecule has 3 aromatic heterocycles. The average molecular weight is 431 g/mol. The van der Waals surface area contributed by atoms with Gasteiger partial charge in [-0.25, -0.2) is 15.0 Å². The maximum Gasteiger partial charge on any atom is 0.406 e. The Hall–Kier alpha value is -3.96. The van der Waals surface area contributed by atoms with Gasteiger partial charge >= 0.3 is 6.18 Å². The van der Waals surface area contributed by atoms with Gasteiger partial charge in [-0.2, -0.15) is 13.2 Å². The van der Waals surface area contributed by atoms with Gasteiger partial charge in [0.05, 0.1) is 23.4 Å². The van der Waals surface area contributed by atoms with E-state index in [0.29, 0.717) is 11.1 Å². The quantitative estimate of drug-likeness (QED) is 0.498. The standard InChI is InChI=1S/C19H16F3N7O2/c1-10-2-3-12-14(28-18(23)29(12)9-19(20,21)22)13(10)15(17-26-6-7-31-17)27-16(30)11-8-24-4-5-25-11/h2-8,15H,9H2,1H3,(H2,23,28)(H,27,30). The van der Waals surface area contributed by atoms with Crippen molar-refractivity contribution in [2.45, 2.75) is 25.7 Å². The fraction of sp³-hybridized carbons (Fsp3) is 0.211. The van der Waals surface area contributed by atoms with Crippen LogP contribution in [-0.2, 0) is 6.54 Å². The maximum atomic E-state index is 13.0. The molecule has 1 unspecified atom stereocenters. The molecule has 1 amide bonds. The number of nitrogen functional groups attached to an aromatic ring is 1. The zero-order chi connectivity index (χ0) is 22.2. The second-order valence-electron chi connectivity index (χ2n) is 6.70. The normalized spacial score (nSPS) is 12.8. The van der Waals surface area contributed by atoms with Crippen LogP contribution in [0.15, 0.2) is 47.6 Å². The average Bonchev–Trinajstić information content (AvgIpc) is 3.35. The van der Waals surface area contributed by atoms with Gasteiger partial charge in [0.2, 0.25) is 11.8 Å². The fourth-order valence-electron chi connectivity index (χ4n) is 3.30. The number of rotatable bonds is 5. The number of halogens is 3. The Kier molecular flexibility index (Phi) is 5.05. The Bertz CT molecular complexity index is 1220. The van der Waals surface area contributed by atoms with Crippen molar-refractivity contribution < 1.29 is 22.4 Å². The Labute approximate surface area is 173 Å². The van der Waals surface area contributed by atoms with Crippen molar-refractivity contribution in [1.82, 2.24) is 29.8 Å². The minimum Gasteiger partial charge on any atom is -0.446 e. The minimum atomic E-state index is -4.49. The number of benzene rings is 1. The van der Waals surface area contributed by atoms with Gasteiger partial charge in [-0.15, -0.1) is 0 Å². The molecule has 4 rings (SSSR count). The number of nitrogens with one attached hydrogen (secondary N) is 1. The first-order valence-corrected chi connectivity index (χ1v) is 9.03. The van der Waals surface area contributed by atoms with Crippen LogP contribution in [0, 0.1) is 6.92 Å². The monoisotopic (exact) mass is 431 g/mol. The van der Waals surface area contributed by atoms with Gasteiger partial charge < -0.3 is 20.0 Å². The summed E-state index contributed by atoms with van der Waals surface area (Å²) >= 11 is 0. The van der Waals surface area contributed by atoms with Crippen LogP contribution in [0.5, 0.6) is 0 Å². The zero-order valence-corrected chi connectivity index (χ0v) is 16.1. The topological polar surface area (TPSA) is 125 Å². The Balaban J connectivity index is 1.85. The molecule has 3 heterocycles. The van der Waals surface area contributed by atoms with Gasteiger partial charge in [0.15, 0.2) is 0 Å². The number of nitrogens with two attached hydrogens (primary N) is 1. The number of nitrogens with zero attached hydrogens (tertiary/aromatic N) is 5. The number of hydrogen-bond donors (Lipinski definition) is 2. The summed E-state index contributed by atoms with van der Waals surface area (Å²) in [5.41, 5.74) is 7.26. The van der Waals surface area contributed by atoms with E-state index in [-0.39, 0.29) is 28.6 Å². The maximum absolute atomic E-state index is 13.0. The molecule has 0 aliphatic rings. The van der Waals surface area contributed by atoms with Crippen molar-refractivity contribution in [3.63, 3.8) is 0 Å². The molecule has 9 nitrogen and oxygen atoms in total. The van der Waals surface area contributed by atoms with Crippen LogP contribution in [0.3, 0.4) is 0 Å². The van der Waals surface area contributed by atoms with E-state index in [1.54, 1.807) is 13.0 Å². The lowest BCUT2D eigenvalue weighted by Gasteiger charge is -2.19. The minimum absolute atomic E-state index is 0.0472. The number of aryl methyl sites for hydroxylation is 1. The number of imidazole rings is 1.